The van der Waals surface area contributed by atoms with Crippen LogP contribution in [-0.4, -0.2) is 41.4 Å². The van der Waals surface area contributed by atoms with Gasteiger partial charge in [-0.25, -0.2) is 0 Å². The molecule has 1 fully saturated rings. The highest BCUT2D eigenvalue weighted by Gasteiger charge is 2.27. The molecule has 1 saturated heterocycles. The van der Waals surface area contributed by atoms with Gasteiger partial charge in [-0.1, -0.05) is 66.2 Å². The van der Waals surface area contributed by atoms with Crippen molar-refractivity contribution in [3.8, 4) is 0 Å². The molecular formula is C24H30N2O. The van der Waals surface area contributed by atoms with E-state index in [9.17, 15) is 4.79 Å². The first kappa shape index (κ1) is 19.4. The molecule has 0 radical (unpaired) electrons. The van der Waals surface area contributed by atoms with Crippen LogP contribution in [0.5, 0.6) is 0 Å². The molecular weight excluding hydrogens is 332 g/mol. The number of rotatable bonds is 7. The van der Waals surface area contributed by atoms with Crippen LogP contribution in [0.2, 0.25) is 0 Å². The smallest absolute Gasteiger partial charge is 0.227 e. The van der Waals surface area contributed by atoms with Crippen molar-refractivity contribution in [3.63, 3.8) is 0 Å². The van der Waals surface area contributed by atoms with Gasteiger partial charge < -0.3 is 4.90 Å². The van der Waals surface area contributed by atoms with Gasteiger partial charge in [-0.2, -0.15) is 0 Å². The summed E-state index contributed by atoms with van der Waals surface area (Å²) in [4.78, 5) is 17.4. The summed E-state index contributed by atoms with van der Waals surface area (Å²) in [5.74, 6) is 0.209. The maximum Gasteiger partial charge on any atom is 0.227 e. The fourth-order valence-electron chi connectivity index (χ4n) is 3.81. The topological polar surface area (TPSA) is 23.6 Å². The highest BCUT2D eigenvalue weighted by molar-refractivity contribution is 5.79. The van der Waals surface area contributed by atoms with E-state index in [0.29, 0.717) is 19.0 Å². The average Bonchev–Trinajstić information content (AvgIpc) is 2.69. The lowest BCUT2D eigenvalue weighted by Gasteiger charge is -2.38. The van der Waals surface area contributed by atoms with Crippen LogP contribution in [0.4, 0.5) is 0 Å². The van der Waals surface area contributed by atoms with Crippen molar-refractivity contribution >= 4 is 5.91 Å². The standard InChI is InChI=1S/C24H30N2O/c1-3-15-26(24(27)18-21-11-9-20(2)10-12-21)23-13-16-25(17-14-23)19-22-7-5-4-6-8-22/h3-12,23H,1,13-19H2,2H3. The quantitative estimate of drug-likeness (QED) is 0.689. The number of likely N-dealkylation sites (tertiary alicyclic amines) is 1. The minimum absolute atomic E-state index is 0.209. The molecule has 0 N–H and O–H groups in total. The zero-order valence-electron chi connectivity index (χ0n) is 16.3. The Labute approximate surface area is 163 Å². The maximum absolute atomic E-state index is 12.9. The second kappa shape index (κ2) is 9.52. The van der Waals surface area contributed by atoms with Crippen molar-refractivity contribution < 1.29 is 4.79 Å². The first-order valence-corrected chi connectivity index (χ1v) is 9.88. The Morgan fingerprint density at radius 1 is 1.07 bits per heavy atom. The summed E-state index contributed by atoms with van der Waals surface area (Å²) in [6.07, 6.45) is 4.38. The molecule has 2 aromatic carbocycles. The minimum Gasteiger partial charge on any atom is -0.336 e. The van der Waals surface area contributed by atoms with Crippen LogP contribution in [0.25, 0.3) is 0 Å². The molecule has 0 saturated carbocycles. The van der Waals surface area contributed by atoms with Crippen LogP contribution in [-0.2, 0) is 17.8 Å². The fraction of sp³-hybridized carbons (Fsp3) is 0.375. The number of carbonyl (C=O) groups is 1. The Kier molecular flexibility index (Phi) is 6.83. The van der Waals surface area contributed by atoms with Gasteiger partial charge >= 0.3 is 0 Å². The SMILES string of the molecule is C=CCN(C(=O)Cc1ccc(C)cc1)C1CCN(Cc2ccccc2)CC1. The zero-order valence-corrected chi connectivity index (χ0v) is 16.3. The van der Waals surface area contributed by atoms with Crippen LogP contribution in [0.3, 0.4) is 0 Å². The lowest BCUT2D eigenvalue weighted by molar-refractivity contribution is -0.133. The summed E-state index contributed by atoms with van der Waals surface area (Å²) in [6, 6.07) is 19.2. The monoisotopic (exact) mass is 362 g/mol. The van der Waals surface area contributed by atoms with Crippen LogP contribution in [0.15, 0.2) is 67.3 Å². The van der Waals surface area contributed by atoms with E-state index >= 15 is 0 Å². The van der Waals surface area contributed by atoms with Crippen LogP contribution >= 0.6 is 0 Å². The van der Waals surface area contributed by atoms with Crippen molar-refractivity contribution in [1.29, 1.82) is 0 Å². The number of aryl methyl sites for hydroxylation is 1. The third kappa shape index (κ3) is 5.54. The van der Waals surface area contributed by atoms with Crippen molar-refractivity contribution in [2.24, 2.45) is 0 Å². The molecule has 27 heavy (non-hydrogen) atoms. The van der Waals surface area contributed by atoms with Crippen LogP contribution < -0.4 is 0 Å². The van der Waals surface area contributed by atoms with E-state index in [1.807, 2.05) is 11.0 Å². The molecule has 0 spiro atoms. The first-order chi connectivity index (χ1) is 13.2. The molecule has 0 aliphatic carbocycles. The molecule has 0 bridgehead atoms. The van der Waals surface area contributed by atoms with E-state index in [4.69, 9.17) is 0 Å². The lowest BCUT2D eigenvalue weighted by Crippen LogP contribution is -2.47. The summed E-state index contributed by atoms with van der Waals surface area (Å²) in [7, 11) is 0. The van der Waals surface area contributed by atoms with E-state index in [1.165, 1.54) is 11.1 Å². The normalized spacial score (nSPS) is 15.4. The van der Waals surface area contributed by atoms with Gasteiger partial charge in [0.05, 0.1) is 6.42 Å². The third-order valence-electron chi connectivity index (χ3n) is 5.37. The van der Waals surface area contributed by atoms with Gasteiger partial charge in [-0.3, -0.25) is 9.69 Å². The molecule has 0 unspecified atom stereocenters. The number of hydrogen-bond donors (Lipinski definition) is 0. The van der Waals surface area contributed by atoms with Crippen molar-refractivity contribution in [3.05, 3.63) is 83.9 Å². The number of carbonyl (C=O) groups excluding carboxylic acids is 1. The maximum atomic E-state index is 12.9. The lowest BCUT2D eigenvalue weighted by atomic mass is 10.0. The van der Waals surface area contributed by atoms with Gasteiger partial charge in [0, 0.05) is 32.2 Å². The average molecular weight is 363 g/mol. The summed E-state index contributed by atoms with van der Waals surface area (Å²) >= 11 is 0. The van der Waals surface area contributed by atoms with Crippen LogP contribution in [0.1, 0.15) is 29.5 Å². The molecule has 2 aromatic rings. The number of hydrogen-bond acceptors (Lipinski definition) is 2. The Bertz CT molecular complexity index is 731. The van der Waals surface area contributed by atoms with Gasteiger partial charge in [0.1, 0.15) is 0 Å². The van der Waals surface area contributed by atoms with E-state index in [0.717, 1.165) is 38.0 Å². The number of nitrogens with zero attached hydrogens (tertiary/aromatic N) is 2. The molecule has 0 aromatic heterocycles. The zero-order chi connectivity index (χ0) is 19.1. The number of amides is 1. The fourth-order valence-corrected chi connectivity index (χ4v) is 3.81. The van der Waals surface area contributed by atoms with Crippen molar-refractivity contribution in [2.45, 2.75) is 38.8 Å². The molecule has 0 atom stereocenters. The molecule has 3 rings (SSSR count). The number of benzene rings is 2. The molecule has 1 amide bonds. The van der Waals surface area contributed by atoms with Gasteiger partial charge in [-0.05, 0) is 30.9 Å². The summed E-state index contributed by atoms with van der Waals surface area (Å²) < 4.78 is 0. The van der Waals surface area contributed by atoms with Crippen LogP contribution in [0, 0.1) is 6.92 Å². The van der Waals surface area contributed by atoms with Gasteiger partial charge in [0.15, 0.2) is 0 Å². The minimum atomic E-state index is 0.209. The van der Waals surface area contributed by atoms with E-state index in [-0.39, 0.29) is 5.91 Å². The third-order valence-corrected chi connectivity index (χ3v) is 5.37. The van der Waals surface area contributed by atoms with Gasteiger partial charge in [-0.15, -0.1) is 6.58 Å². The highest BCUT2D eigenvalue weighted by Crippen LogP contribution is 2.20. The Morgan fingerprint density at radius 3 is 2.37 bits per heavy atom. The molecule has 1 heterocycles. The summed E-state index contributed by atoms with van der Waals surface area (Å²) in [5.41, 5.74) is 3.66. The first-order valence-electron chi connectivity index (χ1n) is 9.88. The Balaban J connectivity index is 1.56. The molecule has 1 aliphatic rings. The summed E-state index contributed by atoms with van der Waals surface area (Å²) in [6.45, 7) is 9.62. The largest absolute Gasteiger partial charge is 0.336 e. The van der Waals surface area contributed by atoms with E-state index in [2.05, 4.69) is 73.0 Å². The molecule has 1 aliphatic heterocycles. The predicted octanol–water partition coefficient (Wildman–Crippen LogP) is 4.22. The number of piperidine rings is 1. The predicted molar refractivity (Wildman–Crippen MR) is 112 cm³/mol. The molecule has 3 nitrogen and oxygen atoms in total. The Hall–Kier alpha value is -2.39. The molecule has 3 heteroatoms. The van der Waals surface area contributed by atoms with Crippen molar-refractivity contribution in [1.82, 2.24) is 9.80 Å². The van der Waals surface area contributed by atoms with Crippen molar-refractivity contribution in [2.75, 3.05) is 19.6 Å². The van der Waals surface area contributed by atoms with E-state index in [1.54, 1.807) is 0 Å². The molecule has 142 valence electrons. The van der Waals surface area contributed by atoms with Gasteiger partial charge in [0.2, 0.25) is 5.91 Å². The van der Waals surface area contributed by atoms with Gasteiger partial charge in [0.25, 0.3) is 0 Å². The highest BCUT2D eigenvalue weighted by atomic mass is 16.2. The van der Waals surface area contributed by atoms with E-state index < -0.39 is 0 Å². The second-order valence-corrected chi connectivity index (χ2v) is 7.49. The summed E-state index contributed by atoms with van der Waals surface area (Å²) in [5, 5.41) is 0. The Morgan fingerprint density at radius 2 is 1.74 bits per heavy atom. The second-order valence-electron chi connectivity index (χ2n) is 7.49.